The number of nitrogens with one attached hydrogen (secondary N) is 4. The first-order valence-electron chi connectivity index (χ1n) is 23.8. The van der Waals surface area contributed by atoms with Crippen molar-refractivity contribution in [2.24, 2.45) is 5.92 Å². The summed E-state index contributed by atoms with van der Waals surface area (Å²) in [7, 11) is 5.66. The molecular weight excluding hydrogens is 921 g/mol. The van der Waals surface area contributed by atoms with E-state index in [0.717, 1.165) is 57.6 Å². The van der Waals surface area contributed by atoms with E-state index in [0.29, 0.717) is 48.3 Å². The van der Waals surface area contributed by atoms with Gasteiger partial charge in [-0.1, -0.05) is 98.8 Å². The van der Waals surface area contributed by atoms with Gasteiger partial charge in [0.2, 0.25) is 5.91 Å². The number of hydrogen-bond donors (Lipinski definition) is 4. The Labute approximate surface area is 416 Å². The van der Waals surface area contributed by atoms with Crippen LogP contribution in [0, 0.1) is 5.92 Å². The lowest BCUT2D eigenvalue weighted by Gasteiger charge is -2.29. The lowest BCUT2D eigenvalue weighted by atomic mass is 10.0. The summed E-state index contributed by atoms with van der Waals surface area (Å²) in [5, 5.41) is 5.40. The molecule has 2 unspecified atom stereocenters. The van der Waals surface area contributed by atoms with Gasteiger partial charge >= 0.3 is 18.2 Å². The van der Waals surface area contributed by atoms with E-state index in [1.807, 2.05) is 92.7 Å². The number of benzene rings is 4. The maximum atomic E-state index is 14.4. The predicted molar refractivity (Wildman–Crippen MR) is 265 cm³/mol. The number of carbonyl (C=O) groups excluding carboxylic acids is 5. The Bertz CT molecular complexity index is 2940. The predicted octanol–water partition coefficient (Wildman–Crippen LogP) is 7.57. The van der Waals surface area contributed by atoms with Crippen LogP contribution in [0.3, 0.4) is 0 Å². The summed E-state index contributed by atoms with van der Waals surface area (Å²) in [6.07, 6.45) is 3.60. The van der Waals surface area contributed by atoms with Gasteiger partial charge in [-0.25, -0.2) is 24.4 Å². The Morgan fingerprint density at radius 1 is 0.653 bits per heavy atom. The summed E-state index contributed by atoms with van der Waals surface area (Å²) in [4.78, 5) is 90.4. The number of nitrogens with zero attached hydrogens (tertiary/aromatic N) is 6. The number of likely N-dealkylation sites (tertiary alicyclic amines) is 1. The molecule has 0 saturated carbocycles. The third-order valence-corrected chi connectivity index (χ3v) is 13.7. The molecule has 19 heteroatoms. The Morgan fingerprint density at radius 2 is 1.25 bits per heavy atom. The fraction of sp³-hybridized carbons (Fsp3) is 0.340. The van der Waals surface area contributed by atoms with Crippen LogP contribution in [0.4, 0.5) is 14.4 Å². The number of alkyl carbamates (subject to hydrolysis) is 2. The van der Waals surface area contributed by atoms with Crippen molar-refractivity contribution in [1.82, 2.24) is 50.2 Å². The van der Waals surface area contributed by atoms with Crippen molar-refractivity contribution < 1.29 is 42.9 Å². The van der Waals surface area contributed by atoms with Crippen LogP contribution in [0.5, 0.6) is 11.5 Å². The van der Waals surface area contributed by atoms with Crippen LogP contribution in [0.15, 0.2) is 103 Å². The molecule has 2 fully saturated rings. The third-order valence-electron chi connectivity index (χ3n) is 13.7. The van der Waals surface area contributed by atoms with Crippen molar-refractivity contribution in [3.05, 3.63) is 132 Å². The number of hydrogen-bond acceptors (Lipinski definition) is 11. The topological polar surface area (TPSA) is 217 Å². The van der Waals surface area contributed by atoms with E-state index in [4.69, 9.17) is 28.9 Å². The van der Waals surface area contributed by atoms with Crippen molar-refractivity contribution in [2.45, 2.75) is 63.9 Å². The summed E-state index contributed by atoms with van der Waals surface area (Å²) >= 11 is 0. The monoisotopic (exact) mass is 978 g/mol. The van der Waals surface area contributed by atoms with Gasteiger partial charge in [-0.15, -0.1) is 0 Å². The number of amides is 6. The molecule has 6 amide bonds. The van der Waals surface area contributed by atoms with E-state index in [2.05, 4.69) is 20.6 Å². The molecule has 374 valence electrons. The molecule has 2 saturated heterocycles. The molecule has 19 nitrogen and oxygen atoms in total. The summed E-state index contributed by atoms with van der Waals surface area (Å²) in [6, 6.07) is 26.0. The maximum absolute atomic E-state index is 14.4. The first-order chi connectivity index (χ1) is 34.9. The van der Waals surface area contributed by atoms with Gasteiger partial charge < -0.3 is 59.1 Å². The van der Waals surface area contributed by atoms with Crippen LogP contribution in [-0.2, 0) is 32.2 Å². The highest BCUT2D eigenvalue weighted by atomic mass is 16.5. The molecule has 0 radical (unpaired) electrons. The smallest absolute Gasteiger partial charge is 0.407 e. The first kappa shape index (κ1) is 48.7. The van der Waals surface area contributed by atoms with Crippen molar-refractivity contribution in [3.8, 4) is 45.1 Å². The van der Waals surface area contributed by atoms with Crippen molar-refractivity contribution in [3.63, 3.8) is 0 Å². The van der Waals surface area contributed by atoms with Crippen LogP contribution in [0.1, 0.15) is 73.2 Å². The molecule has 6 aromatic rings. The van der Waals surface area contributed by atoms with E-state index >= 15 is 0 Å². The number of rotatable bonds is 13. The Kier molecular flexibility index (Phi) is 14.1. The molecule has 2 aromatic heterocycles. The van der Waals surface area contributed by atoms with Gasteiger partial charge in [-0.3, -0.25) is 9.59 Å². The molecule has 9 rings (SSSR count). The summed E-state index contributed by atoms with van der Waals surface area (Å²) in [6.45, 7) is 5.00. The van der Waals surface area contributed by atoms with Gasteiger partial charge in [-0.2, -0.15) is 0 Å². The van der Waals surface area contributed by atoms with Gasteiger partial charge in [0.15, 0.2) is 11.5 Å². The maximum Gasteiger partial charge on any atom is 0.407 e. The highest BCUT2D eigenvalue weighted by Crippen LogP contribution is 2.40. The van der Waals surface area contributed by atoms with E-state index in [1.165, 1.54) is 14.2 Å². The molecule has 5 heterocycles. The van der Waals surface area contributed by atoms with Gasteiger partial charge in [0.1, 0.15) is 29.8 Å². The number of methoxy groups -OCH3 is 4. The quantitative estimate of drug-likeness (QED) is 0.0885. The highest BCUT2D eigenvalue weighted by molar-refractivity contribution is 5.88. The second-order valence-electron chi connectivity index (χ2n) is 18.3. The number of carbonyl (C=O) groups is 5. The molecule has 4 aromatic carbocycles. The van der Waals surface area contributed by atoms with Crippen LogP contribution in [-0.4, -0.2) is 124 Å². The average molecular weight is 979 g/mol. The zero-order valence-corrected chi connectivity index (χ0v) is 41.0. The minimum Gasteiger partial charge on any atom is -0.493 e. The van der Waals surface area contributed by atoms with Gasteiger partial charge in [-0.05, 0) is 58.2 Å². The van der Waals surface area contributed by atoms with Gasteiger partial charge in [0, 0.05) is 18.7 Å². The zero-order valence-electron chi connectivity index (χ0n) is 41.0. The lowest BCUT2D eigenvalue weighted by Crippen LogP contribution is -2.52. The third kappa shape index (κ3) is 9.73. The molecule has 0 spiro atoms. The minimum atomic E-state index is -0.922. The van der Waals surface area contributed by atoms with Crippen LogP contribution in [0.2, 0.25) is 0 Å². The highest BCUT2D eigenvalue weighted by Gasteiger charge is 2.44. The number of ether oxygens (including phenoxy) is 4. The summed E-state index contributed by atoms with van der Waals surface area (Å²) < 4.78 is 20.9. The van der Waals surface area contributed by atoms with Crippen LogP contribution < -0.4 is 20.1 Å². The van der Waals surface area contributed by atoms with Gasteiger partial charge in [0.05, 0.1) is 78.0 Å². The van der Waals surface area contributed by atoms with Crippen molar-refractivity contribution in [1.29, 1.82) is 0 Å². The van der Waals surface area contributed by atoms with E-state index in [1.54, 1.807) is 58.3 Å². The normalized spacial score (nSPS) is 17.1. The Hall–Kier alpha value is -8.35. The minimum absolute atomic E-state index is 0.0276. The van der Waals surface area contributed by atoms with E-state index in [9.17, 15) is 24.0 Å². The number of fused-ring (bicyclic) bond motifs is 1. The largest absolute Gasteiger partial charge is 0.493 e. The second-order valence-corrected chi connectivity index (χ2v) is 18.3. The Morgan fingerprint density at radius 3 is 1.83 bits per heavy atom. The van der Waals surface area contributed by atoms with Crippen LogP contribution >= 0.6 is 0 Å². The number of urea groups is 1. The number of H-pyrrole nitrogens is 2. The number of aromatic amines is 2. The molecule has 0 bridgehead atoms. The standard InChI is InChI=1S/C53H58N10O9/c1-31(2)44(58-51(66)71-5)49(64)63-30-61(53(68)60-27-37-22-23-43(69-3)46(70-4)38(37)28-60)29-42(63)48-55-26-40(57-48)35-20-16-33(17-21-35)32-14-18-34(19-15-32)39-25-54-47(56-39)41-13-10-24-62(41)50(65)45(59-52(67)72-6)36-11-8-7-9-12-36/h7-9,11-12,14-23,25-26,31,41-42,44-45H,10,13,24,27-30H2,1-6H3,(H,54,56)(H,55,57)(H,58,66)(H,59,67)/t41-,42?,44-,45?/m0/s1. The molecule has 4 atom stereocenters. The molecule has 4 N–H and O–H groups in total. The molecular formula is C53H58N10O9. The fourth-order valence-electron chi connectivity index (χ4n) is 9.84. The fourth-order valence-corrected chi connectivity index (χ4v) is 9.84. The van der Waals surface area contributed by atoms with E-state index in [-0.39, 0.29) is 43.0 Å². The van der Waals surface area contributed by atoms with E-state index < -0.39 is 30.3 Å². The number of imidazole rings is 2. The van der Waals surface area contributed by atoms with Crippen molar-refractivity contribution >= 4 is 30.0 Å². The summed E-state index contributed by atoms with van der Waals surface area (Å²) in [5.74, 6) is 1.44. The first-order valence-corrected chi connectivity index (χ1v) is 23.8. The second kappa shape index (κ2) is 20.9. The average Bonchev–Trinajstić information content (AvgIpc) is 4.28. The van der Waals surface area contributed by atoms with Gasteiger partial charge in [0.25, 0.3) is 5.91 Å². The molecule has 3 aliphatic rings. The van der Waals surface area contributed by atoms with Crippen LogP contribution in [0.25, 0.3) is 33.6 Å². The molecule has 72 heavy (non-hydrogen) atoms. The Balaban J connectivity index is 0.891. The summed E-state index contributed by atoms with van der Waals surface area (Å²) in [5.41, 5.74) is 7.79. The lowest BCUT2D eigenvalue weighted by molar-refractivity contribution is -0.136. The number of aromatic nitrogens is 4. The molecule has 3 aliphatic heterocycles. The molecule has 0 aliphatic carbocycles. The van der Waals surface area contributed by atoms with Crippen molar-refractivity contribution in [2.75, 3.05) is 48.2 Å². The SMILES string of the molecule is COC(=O)NC(C(=O)N1CCC[C@H]1c1ncc(-c2ccc(-c3ccc(-c4cnc(C5CN(C(=O)N6Cc7ccc(OC)c(OC)c7C6)CN5C(=O)[C@@H](NC(=O)OC)C(C)C)[nH]4)cc3)cc2)[nH]1)c1ccccc1. The zero-order chi connectivity index (χ0) is 50.6.